The van der Waals surface area contributed by atoms with E-state index in [1.807, 2.05) is 36.1 Å². The number of carbonyl (C=O) groups excluding carboxylic acids is 1. The average Bonchev–Trinajstić information content (AvgIpc) is 2.92. The lowest BCUT2D eigenvalue weighted by Gasteiger charge is -2.37. The number of aryl methyl sites for hydroxylation is 1. The quantitative estimate of drug-likeness (QED) is 0.888. The van der Waals surface area contributed by atoms with E-state index in [9.17, 15) is 14.7 Å². The zero-order chi connectivity index (χ0) is 18.0. The minimum absolute atomic E-state index is 0.336. The summed E-state index contributed by atoms with van der Waals surface area (Å²) in [4.78, 5) is 30.7. The van der Waals surface area contributed by atoms with Gasteiger partial charge < -0.3 is 19.7 Å². The fourth-order valence-corrected chi connectivity index (χ4v) is 3.49. The van der Waals surface area contributed by atoms with Crippen LogP contribution in [0.25, 0.3) is 10.9 Å². The molecule has 7 nitrogen and oxygen atoms in total. The van der Waals surface area contributed by atoms with E-state index in [2.05, 4.69) is 4.98 Å². The second-order valence-corrected chi connectivity index (χ2v) is 6.17. The molecule has 1 aliphatic rings. The summed E-state index contributed by atoms with van der Waals surface area (Å²) in [5.41, 5.74) is 2.60. The van der Waals surface area contributed by atoms with Crippen molar-refractivity contribution in [2.24, 2.45) is 0 Å². The number of rotatable bonds is 4. The largest absolute Gasteiger partial charge is 0.480 e. The fourth-order valence-electron chi connectivity index (χ4n) is 3.49. The van der Waals surface area contributed by atoms with Gasteiger partial charge in [0.2, 0.25) is 0 Å². The summed E-state index contributed by atoms with van der Waals surface area (Å²) < 4.78 is 5.02. The van der Waals surface area contributed by atoms with Gasteiger partial charge >= 0.3 is 12.1 Å². The van der Waals surface area contributed by atoms with E-state index in [0.717, 1.165) is 22.2 Å². The van der Waals surface area contributed by atoms with Crippen molar-refractivity contribution in [2.75, 3.05) is 32.8 Å². The van der Waals surface area contributed by atoms with Crippen molar-refractivity contribution in [1.29, 1.82) is 0 Å². The Morgan fingerprint density at radius 3 is 2.56 bits per heavy atom. The van der Waals surface area contributed by atoms with Gasteiger partial charge in [0.25, 0.3) is 0 Å². The van der Waals surface area contributed by atoms with Crippen molar-refractivity contribution < 1.29 is 19.4 Å². The van der Waals surface area contributed by atoms with Gasteiger partial charge in [-0.15, -0.1) is 0 Å². The minimum Gasteiger partial charge on any atom is -0.480 e. The smallest absolute Gasteiger partial charge is 0.409 e. The Labute approximate surface area is 146 Å². The van der Waals surface area contributed by atoms with Crippen LogP contribution >= 0.6 is 0 Å². The summed E-state index contributed by atoms with van der Waals surface area (Å²) in [5.74, 6) is -0.877. The number of hydrogen-bond donors (Lipinski definition) is 2. The van der Waals surface area contributed by atoms with Crippen LogP contribution in [0.3, 0.4) is 0 Å². The molecule has 0 bridgehead atoms. The highest BCUT2D eigenvalue weighted by Crippen LogP contribution is 2.32. The third-order valence-electron chi connectivity index (χ3n) is 4.66. The molecule has 0 aliphatic carbocycles. The third kappa shape index (κ3) is 3.32. The number of H-pyrrole nitrogens is 1. The number of piperazine rings is 1. The molecule has 134 valence electrons. The number of fused-ring (bicyclic) bond motifs is 1. The van der Waals surface area contributed by atoms with Crippen LogP contribution in [0, 0.1) is 6.92 Å². The Balaban J connectivity index is 1.84. The van der Waals surface area contributed by atoms with Crippen molar-refractivity contribution in [3.05, 3.63) is 35.5 Å². The molecule has 1 fully saturated rings. The van der Waals surface area contributed by atoms with E-state index in [-0.39, 0.29) is 6.09 Å². The van der Waals surface area contributed by atoms with E-state index >= 15 is 0 Å². The Morgan fingerprint density at radius 1 is 1.24 bits per heavy atom. The van der Waals surface area contributed by atoms with Gasteiger partial charge in [0.1, 0.15) is 6.04 Å². The second kappa shape index (κ2) is 7.14. The van der Waals surface area contributed by atoms with Gasteiger partial charge in [-0.3, -0.25) is 9.69 Å². The van der Waals surface area contributed by atoms with Crippen molar-refractivity contribution in [3.8, 4) is 0 Å². The van der Waals surface area contributed by atoms with Gasteiger partial charge in [-0.2, -0.15) is 0 Å². The van der Waals surface area contributed by atoms with Gasteiger partial charge in [-0.1, -0.05) is 18.2 Å². The van der Waals surface area contributed by atoms with Crippen LogP contribution in [0.1, 0.15) is 24.2 Å². The summed E-state index contributed by atoms with van der Waals surface area (Å²) in [5, 5.41) is 10.8. The number of nitrogens with zero attached hydrogens (tertiary/aromatic N) is 2. The van der Waals surface area contributed by atoms with Crippen molar-refractivity contribution in [2.45, 2.75) is 19.9 Å². The molecule has 1 aromatic heterocycles. The zero-order valence-electron chi connectivity index (χ0n) is 14.5. The lowest BCUT2D eigenvalue weighted by Crippen LogP contribution is -2.51. The molecule has 1 aliphatic heterocycles. The van der Waals surface area contributed by atoms with E-state index in [1.165, 1.54) is 0 Å². The highest BCUT2D eigenvalue weighted by molar-refractivity contribution is 5.90. The van der Waals surface area contributed by atoms with E-state index in [1.54, 1.807) is 11.8 Å². The molecule has 0 saturated carbocycles. The van der Waals surface area contributed by atoms with Crippen LogP contribution in [0.2, 0.25) is 0 Å². The number of hydrogen-bond acceptors (Lipinski definition) is 4. The molecule has 1 aromatic carbocycles. The van der Waals surface area contributed by atoms with E-state index in [4.69, 9.17) is 4.74 Å². The van der Waals surface area contributed by atoms with E-state index < -0.39 is 12.0 Å². The number of aromatic nitrogens is 1. The van der Waals surface area contributed by atoms with Crippen LogP contribution < -0.4 is 0 Å². The monoisotopic (exact) mass is 345 g/mol. The summed E-state index contributed by atoms with van der Waals surface area (Å²) in [7, 11) is 0. The Morgan fingerprint density at radius 2 is 1.92 bits per heavy atom. The van der Waals surface area contributed by atoms with E-state index in [0.29, 0.717) is 32.8 Å². The number of amides is 1. The Kier molecular flexibility index (Phi) is 4.94. The Bertz CT molecular complexity index is 778. The maximum Gasteiger partial charge on any atom is 0.409 e. The predicted octanol–water partition coefficient (Wildman–Crippen LogP) is 2.38. The molecular formula is C18H23N3O4. The third-order valence-corrected chi connectivity index (χ3v) is 4.66. The van der Waals surface area contributed by atoms with Crippen LogP contribution in [0.4, 0.5) is 4.79 Å². The molecule has 7 heteroatoms. The SMILES string of the molecule is CCOC(=O)N1CCN(C(C(=O)O)c2c(C)[nH]c3ccccc23)CC1. The number of carboxylic acids is 1. The van der Waals surface area contributed by atoms with Crippen LogP contribution in [-0.4, -0.2) is 64.7 Å². The van der Waals surface area contributed by atoms with Crippen LogP contribution in [-0.2, 0) is 9.53 Å². The van der Waals surface area contributed by atoms with Gasteiger partial charge in [0.05, 0.1) is 6.61 Å². The topological polar surface area (TPSA) is 85.9 Å². The molecule has 1 amide bonds. The second-order valence-electron chi connectivity index (χ2n) is 6.17. The van der Waals surface area contributed by atoms with Gasteiger partial charge in [0, 0.05) is 48.3 Å². The molecule has 1 saturated heterocycles. The van der Waals surface area contributed by atoms with Gasteiger partial charge in [-0.05, 0) is 19.9 Å². The highest BCUT2D eigenvalue weighted by atomic mass is 16.6. The molecular weight excluding hydrogens is 322 g/mol. The standard InChI is InChI=1S/C18H23N3O4/c1-3-25-18(24)21-10-8-20(9-11-21)16(17(22)23)15-12(2)19-14-7-5-4-6-13(14)15/h4-7,16,19H,3,8-11H2,1-2H3,(H,22,23). The number of aliphatic carboxylic acids is 1. The number of benzene rings is 1. The number of carboxylic acid groups (broad SMARTS) is 1. The van der Waals surface area contributed by atoms with Crippen LogP contribution in [0.15, 0.2) is 24.3 Å². The summed E-state index contributed by atoms with van der Waals surface area (Å²) in [6.45, 7) is 5.93. The number of ether oxygens (including phenoxy) is 1. The molecule has 2 N–H and O–H groups in total. The van der Waals surface area contributed by atoms with Crippen LogP contribution in [0.5, 0.6) is 0 Å². The van der Waals surface area contributed by atoms with Crippen molar-refractivity contribution in [1.82, 2.24) is 14.8 Å². The molecule has 1 atom stereocenters. The first-order valence-corrected chi connectivity index (χ1v) is 8.48. The molecule has 0 spiro atoms. The maximum absolute atomic E-state index is 12.1. The van der Waals surface area contributed by atoms with Gasteiger partial charge in [-0.25, -0.2) is 4.79 Å². The number of carbonyl (C=O) groups is 2. The average molecular weight is 345 g/mol. The first-order chi connectivity index (χ1) is 12.0. The van der Waals surface area contributed by atoms with Crippen molar-refractivity contribution in [3.63, 3.8) is 0 Å². The minimum atomic E-state index is -0.877. The highest BCUT2D eigenvalue weighted by Gasteiger charge is 2.34. The molecule has 3 rings (SSSR count). The number of nitrogens with one attached hydrogen (secondary N) is 1. The normalized spacial score (nSPS) is 16.8. The molecule has 2 heterocycles. The summed E-state index contributed by atoms with van der Waals surface area (Å²) in [6.07, 6.45) is -0.336. The predicted molar refractivity (Wildman–Crippen MR) is 93.6 cm³/mol. The molecule has 2 aromatic rings. The van der Waals surface area contributed by atoms with Gasteiger partial charge in [0.15, 0.2) is 0 Å². The maximum atomic E-state index is 12.1. The van der Waals surface area contributed by atoms with Crippen molar-refractivity contribution >= 4 is 23.0 Å². The lowest BCUT2D eigenvalue weighted by molar-refractivity contribution is -0.144. The Hall–Kier alpha value is -2.54. The number of aromatic amines is 1. The molecule has 25 heavy (non-hydrogen) atoms. The first kappa shape index (κ1) is 17.3. The fraction of sp³-hybridized carbons (Fsp3) is 0.444. The summed E-state index contributed by atoms with van der Waals surface area (Å²) in [6, 6.07) is 7.00. The lowest BCUT2D eigenvalue weighted by atomic mass is 10.0. The zero-order valence-corrected chi connectivity index (χ0v) is 14.5. The summed E-state index contributed by atoms with van der Waals surface area (Å²) >= 11 is 0. The first-order valence-electron chi connectivity index (χ1n) is 8.48. The number of para-hydroxylation sites is 1. The molecule has 1 unspecified atom stereocenters. The molecule has 0 radical (unpaired) electrons.